The van der Waals surface area contributed by atoms with Crippen molar-refractivity contribution in [1.82, 2.24) is 9.80 Å². The summed E-state index contributed by atoms with van der Waals surface area (Å²) < 4.78 is 0. The normalized spacial score (nSPS) is 14.9. The minimum Gasteiger partial charge on any atom is -0.331 e. The Labute approximate surface area is 165 Å². The van der Waals surface area contributed by atoms with Gasteiger partial charge in [0.2, 0.25) is 5.91 Å². The lowest BCUT2D eigenvalue weighted by Crippen LogP contribution is -2.45. The summed E-state index contributed by atoms with van der Waals surface area (Å²) >= 11 is 0. The first-order chi connectivity index (χ1) is 13.5. The highest BCUT2D eigenvalue weighted by molar-refractivity contribution is 5.92. The Hall–Kier alpha value is -3.22. The van der Waals surface area contributed by atoms with Crippen LogP contribution in [-0.2, 0) is 4.79 Å². The number of hydrogen-bond donors (Lipinski definition) is 1. The summed E-state index contributed by atoms with van der Waals surface area (Å²) in [7, 11) is 3.48. The number of benzene rings is 2. The third-order valence-electron chi connectivity index (χ3n) is 4.69. The highest BCUT2D eigenvalue weighted by atomic mass is 16.2. The van der Waals surface area contributed by atoms with Gasteiger partial charge in [0.15, 0.2) is 0 Å². The van der Waals surface area contributed by atoms with Gasteiger partial charge in [-0.25, -0.2) is 4.79 Å². The number of anilines is 1. The van der Waals surface area contributed by atoms with Gasteiger partial charge in [0, 0.05) is 38.8 Å². The summed E-state index contributed by atoms with van der Waals surface area (Å²) in [5.41, 5.74) is 2.24. The monoisotopic (exact) mass is 379 g/mol. The number of hydrogen-bond acceptors (Lipinski definition) is 4. The second-order valence-corrected chi connectivity index (χ2v) is 7.01. The zero-order valence-corrected chi connectivity index (χ0v) is 16.2. The van der Waals surface area contributed by atoms with Crippen LogP contribution < -0.4 is 5.32 Å². The molecule has 3 rings (SSSR count). The Kier molecular flexibility index (Phi) is 6.37. The van der Waals surface area contributed by atoms with Crippen LogP contribution in [0.4, 0.5) is 21.9 Å². The number of nitrogens with zero attached hydrogens (tertiary/aromatic N) is 4. The smallest absolute Gasteiger partial charge is 0.319 e. The van der Waals surface area contributed by atoms with Crippen molar-refractivity contribution in [2.24, 2.45) is 16.1 Å². The molecule has 146 valence electrons. The summed E-state index contributed by atoms with van der Waals surface area (Å²) in [5, 5.41) is 11.3. The van der Waals surface area contributed by atoms with E-state index in [4.69, 9.17) is 0 Å². The SMILES string of the molecule is CN(C)C(=O)N1CCC(C(=O)Nc2ccc(N=Nc3ccccc3)cc2)CC1. The van der Waals surface area contributed by atoms with Gasteiger partial charge in [-0.1, -0.05) is 18.2 Å². The van der Waals surface area contributed by atoms with Gasteiger partial charge >= 0.3 is 6.03 Å². The minimum absolute atomic E-state index is 0.000821. The third kappa shape index (κ3) is 5.16. The van der Waals surface area contributed by atoms with Gasteiger partial charge in [0.05, 0.1) is 11.4 Å². The molecule has 0 unspecified atom stereocenters. The molecule has 3 amide bonds. The first kappa shape index (κ1) is 19.5. The number of urea groups is 1. The first-order valence-electron chi connectivity index (χ1n) is 9.37. The fourth-order valence-corrected chi connectivity index (χ4v) is 3.08. The topological polar surface area (TPSA) is 77.4 Å². The number of amides is 3. The fraction of sp³-hybridized carbons (Fsp3) is 0.333. The maximum atomic E-state index is 12.5. The van der Waals surface area contributed by atoms with Crippen LogP contribution in [0.15, 0.2) is 64.8 Å². The molecular weight excluding hydrogens is 354 g/mol. The van der Waals surface area contributed by atoms with Gasteiger partial charge in [-0.2, -0.15) is 10.2 Å². The molecule has 0 spiro atoms. The highest BCUT2D eigenvalue weighted by Gasteiger charge is 2.27. The predicted octanol–water partition coefficient (Wildman–Crippen LogP) is 4.43. The number of rotatable bonds is 4. The molecule has 1 aliphatic rings. The second kappa shape index (κ2) is 9.12. The van der Waals surface area contributed by atoms with E-state index < -0.39 is 0 Å². The fourth-order valence-electron chi connectivity index (χ4n) is 3.08. The molecular formula is C21H25N5O2. The summed E-state index contributed by atoms with van der Waals surface area (Å²) in [6, 6.07) is 16.8. The van der Waals surface area contributed by atoms with E-state index in [-0.39, 0.29) is 17.9 Å². The minimum atomic E-state index is -0.0799. The van der Waals surface area contributed by atoms with Crippen LogP contribution in [0.3, 0.4) is 0 Å². The summed E-state index contributed by atoms with van der Waals surface area (Å²) in [4.78, 5) is 27.8. The summed E-state index contributed by atoms with van der Waals surface area (Å²) in [6.45, 7) is 1.21. The molecule has 1 fully saturated rings. The highest BCUT2D eigenvalue weighted by Crippen LogP contribution is 2.23. The standard InChI is InChI=1S/C21H25N5O2/c1-25(2)21(28)26-14-12-16(13-15-26)20(27)22-17-8-10-19(11-9-17)24-23-18-6-4-3-5-7-18/h3-11,16H,12-15H2,1-2H3,(H,22,27). The van der Waals surface area contributed by atoms with Crippen molar-refractivity contribution in [3.8, 4) is 0 Å². The van der Waals surface area contributed by atoms with Gasteiger partial charge in [-0.05, 0) is 49.2 Å². The maximum Gasteiger partial charge on any atom is 0.319 e. The number of likely N-dealkylation sites (tertiary alicyclic amines) is 1. The molecule has 0 atom stereocenters. The van der Waals surface area contributed by atoms with Gasteiger partial charge in [-0.3, -0.25) is 4.79 Å². The molecule has 0 saturated carbocycles. The molecule has 7 heteroatoms. The second-order valence-electron chi connectivity index (χ2n) is 7.01. The lowest BCUT2D eigenvalue weighted by Gasteiger charge is -2.33. The number of nitrogens with one attached hydrogen (secondary N) is 1. The molecule has 1 N–H and O–H groups in total. The molecule has 0 aliphatic carbocycles. The lowest BCUT2D eigenvalue weighted by atomic mass is 9.96. The van der Waals surface area contributed by atoms with E-state index in [1.54, 1.807) is 23.9 Å². The zero-order chi connectivity index (χ0) is 19.9. The van der Waals surface area contributed by atoms with Crippen molar-refractivity contribution >= 4 is 29.0 Å². The molecule has 0 bridgehead atoms. The van der Waals surface area contributed by atoms with Crippen LogP contribution in [0, 0.1) is 5.92 Å². The van der Waals surface area contributed by atoms with Crippen molar-refractivity contribution < 1.29 is 9.59 Å². The Balaban J connectivity index is 1.51. The molecule has 0 radical (unpaired) electrons. The van der Waals surface area contributed by atoms with Gasteiger partial charge in [-0.15, -0.1) is 0 Å². The van der Waals surface area contributed by atoms with Crippen molar-refractivity contribution in [3.63, 3.8) is 0 Å². The van der Waals surface area contributed by atoms with Crippen LogP contribution in [0.5, 0.6) is 0 Å². The van der Waals surface area contributed by atoms with Crippen molar-refractivity contribution in [3.05, 3.63) is 54.6 Å². The van der Waals surface area contributed by atoms with Gasteiger partial charge < -0.3 is 15.1 Å². The van der Waals surface area contributed by atoms with Crippen molar-refractivity contribution in [2.75, 3.05) is 32.5 Å². The molecule has 2 aromatic carbocycles. The number of carbonyl (C=O) groups excluding carboxylic acids is 2. The quantitative estimate of drug-likeness (QED) is 0.798. The number of piperidine rings is 1. The van der Waals surface area contributed by atoms with E-state index in [0.717, 1.165) is 17.1 Å². The molecule has 1 heterocycles. The van der Waals surface area contributed by atoms with Crippen LogP contribution >= 0.6 is 0 Å². The van der Waals surface area contributed by atoms with E-state index in [9.17, 15) is 9.59 Å². The van der Waals surface area contributed by atoms with Gasteiger partial charge in [0.25, 0.3) is 0 Å². The average molecular weight is 379 g/mol. The maximum absolute atomic E-state index is 12.5. The van der Waals surface area contributed by atoms with Crippen molar-refractivity contribution in [2.45, 2.75) is 12.8 Å². The average Bonchev–Trinajstić information content (AvgIpc) is 2.73. The van der Waals surface area contributed by atoms with Crippen LogP contribution in [0.1, 0.15) is 12.8 Å². The van der Waals surface area contributed by atoms with E-state index in [2.05, 4.69) is 15.5 Å². The molecule has 7 nitrogen and oxygen atoms in total. The number of azo groups is 1. The Morgan fingerprint density at radius 2 is 1.50 bits per heavy atom. The number of carbonyl (C=O) groups is 2. The Morgan fingerprint density at radius 3 is 2.07 bits per heavy atom. The largest absolute Gasteiger partial charge is 0.331 e. The van der Waals surface area contributed by atoms with Crippen LogP contribution in [0.25, 0.3) is 0 Å². The summed E-state index contributed by atoms with van der Waals surface area (Å²) in [6.07, 6.45) is 1.35. The van der Waals surface area contributed by atoms with E-state index in [1.807, 2.05) is 54.6 Å². The van der Waals surface area contributed by atoms with E-state index in [0.29, 0.717) is 25.9 Å². The summed E-state index contributed by atoms with van der Waals surface area (Å²) in [5.74, 6) is -0.0840. The molecule has 2 aromatic rings. The Bertz CT molecular complexity index is 826. The molecule has 1 aliphatic heterocycles. The predicted molar refractivity (Wildman–Crippen MR) is 109 cm³/mol. The molecule has 1 saturated heterocycles. The Morgan fingerprint density at radius 1 is 0.929 bits per heavy atom. The zero-order valence-electron chi connectivity index (χ0n) is 16.2. The van der Waals surface area contributed by atoms with Crippen molar-refractivity contribution in [1.29, 1.82) is 0 Å². The van der Waals surface area contributed by atoms with E-state index >= 15 is 0 Å². The molecule has 0 aromatic heterocycles. The van der Waals surface area contributed by atoms with Crippen LogP contribution in [0.2, 0.25) is 0 Å². The molecule has 28 heavy (non-hydrogen) atoms. The van der Waals surface area contributed by atoms with Crippen LogP contribution in [-0.4, -0.2) is 48.9 Å². The van der Waals surface area contributed by atoms with E-state index in [1.165, 1.54) is 0 Å². The van der Waals surface area contributed by atoms with Gasteiger partial charge in [0.1, 0.15) is 0 Å². The third-order valence-corrected chi connectivity index (χ3v) is 4.69. The first-order valence-corrected chi connectivity index (χ1v) is 9.37. The lowest BCUT2D eigenvalue weighted by molar-refractivity contribution is -0.121.